The van der Waals surface area contributed by atoms with Crippen molar-refractivity contribution < 1.29 is 4.79 Å². The second kappa shape index (κ2) is 7.98. The van der Waals surface area contributed by atoms with Gasteiger partial charge >= 0.3 is 0 Å². The van der Waals surface area contributed by atoms with Crippen molar-refractivity contribution in [3.63, 3.8) is 0 Å². The zero-order chi connectivity index (χ0) is 23.1. The Hall–Kier alpha value is -4.33. The van der Waals surface area contributed by atoms with Crippen LogP contribution in [0.3, 0.4) is 0 Å². The highest BCUT2D eigenvalue weighted by molar-refractivity contribution is 6.05. The van der Waals surface area contributed by atoms with E-state index >= 15 is 0 Å². The summed E-state index contributed by atoms with van der Waals surface area (Å²) in [6, 6.07) is 15.4. The molecule has 0 unspecified atom stereocenters. The van der Waals surface area contributed by atoms with Crippen molar-refractivity contribution in [2.45, 2.75) is 27.7 Å². The number of fused-ring (bicyclic) bond motifs is 1. The summed E-state index contributed by atoms with van der Waals surface area (Å²) in [5.74, 6) is 0.871. The van der Waals surface area contributed by atoms with Crippen molar-refractivity contribution in [1.82, 2.24) is 29.5 Å². The Morgan fingerprint density at radius 1 is 0.909 bits per heavy atom. The molecule has 0 radical (unpaired) electrons. The minimum Gasteiger partial charge on any atom is -0.306 e. The number of hydrogen-bond acceptors (Lipinski definition) is 5. The number of carbonyl (C=O) groups excluding carboxylic acids is 1. The van der Waals surface area contributed by atoms with Gasteiger partial charge in [0.25, 0.3) is 5.91 Å². The number of aryl methyl sites for hydroxylation is 3. The summed E-state index contributed by atoms with van der Waals surface area (Å²) in [7, 11) is 0. The lowest BCUT2D eigenvalue weighted by Gasteiger charge is -2.11. The number of amides is 1. The molecule has 1 N–H and O–H groups in total. The molecule has 0 atom stereocenters. The molecule has 0 spiro atoms. The molecule has 0 fully saturated rings. The van der Waals surface area contributed by atoms with Gasteiger partial charge in [-0.3, -0.25) is 4.79 Å². The van der Waals surface area contributed by atoms with E-state index in [2.05, 4.69) is 45.4 Å². The lowest BCUT2D eigenvalue weighted by Crippen LogP contribution is -2.16. The number of benzene rings is 2. The van der Waals surface area contributed by atoms with E-state index in [1.54, 1.807) is 16.9 Å². The van der Waals surface area contributed by atoms with E-state index in [1.165, 1.54) is 11.9 Å². The smallest absolute Gasteiger partial charge is 0.257 e. The van der Waals surface area contributed by atoms with Crippen molar-refractivity contribution in [1.29, 1.82) is 0 Å². The largest absolute Gasteiger partial charge is 0.306 e. The van der Waals surface area contributed by atoms with E-state index in [0.29, 0.717) is 22.8 Å². The molecule has 8 heteroatoms. The Bertz CT molecular complexity index is 1510. The monoisotopic (exact) mass is 437 g/mol. The number of hydrogen-bond donors (Lipinski definition) is 1. The van der Waals surface area contributed by atoms with Crippen LogP contribution in [0.25, 0.3) is 22.5 Å². The van der Waals surface area contributed by atoms with Crippen LogP contribution in [-0.2, 0) is 0 Å². The molecule has 164 valence electrons. The van der Waals surface area contributed by atoms with Gasteiger partial charge in [0, 0.05) is 11.6 Å². The van der Waals surface area contributed by atoms with E-state index in [1.807, 2.05) is 54.9 Å². The van der Waals surface area contributed by atoms with Crippen LogP contribution in [0, 0.1) is 27.7 Å². The van der Waals surface area contributed by atoms with Gasteiger partial charge in [-0.15, -0.1) is 0 Å². The molecule has 33 heavy (non-hydrogen) atoms. The van der Waals surface area contributed by atoms with Crippen molar-refractivity contribution in [2.75, 3.05) is 5.32 Å². The molecule has 3 aromatic heterocycles. The van der Waals surface area contributed by atoms with Crippen LogP contribution < -0.4 is 5.32 Å². The fourth-order valence-electron chi connectivity index (χ4n) is 3.90. The first-order chi connectivity index (χ1) is 15.9. The Labute approximate surface area is 190 Å². The van der Waals surface area contributed by atoms with E-state index in [9.17, 15) is 4.79 Å². The Kier molecular flexibility index (Phi) is 4.97. The first-order valence-electron chi connectivity index (χ1n) is 10.6. The maximum atomic E-state index is 12.9. The van der Waals surface area contributed by atoms with Crippen LogP contribution in [0.1, 0.15) is 32.7 Å². The van der Waals surface area contributed by atoms with Crippen molar-refractivity contribution >= 4 is 22.8 Å². The molecule has 0 aliphatic carbocycles. The SMILES string of the molecule is Cc1cc(NC(=O)c2ccccc2C)n(-c2ncnc3c2cnn3-c2cccc(C)c2C)n1. The molecular formula is C25H23N7O. The first kappa shape index (κ1) is 20.6. The molecule has 3 heterocycles. The maximum absolute atomic E-state index is 12.9. The van der Waals surface area contributed by atoms with E-state index in [4.69, 9.17) is 0 Å². The molecule has 0 aliphatic rings. The standard InChI is InChI=1S/C25H23N7O/c1-15-9-7-11-21(18(15)4)31-23-20(13-28-31)24(27-14-26-23)32-22(12-17(3)30-32)29-25(33)19-10-6-5-8-16(19)2/h5-14H,1-4H3,(H,29,33). The molecule has 5 rings (SSSR count). The molecular weight excluding hydrogens is 414 g/mol. The highest BCUT2D eigenvalue weighted by Crippen LogP contribution is 2.26. The van der Waals surface area contributed by atoms with Crippen molar-refractivity contribution in [3.05, 3.63) is 89.0 Å². The van der Waals surface area contributed by atoms with Crippen LogP contribution >= 0.6 is 0 Å². The predicted molar refractivity (Wildman–Crippen MR) is 127 cm³/mol. The number of aromatic nitrogens is 6. The zero-order valence-corrected chi connectivity index (χ0v) is 18.9. The van der Waals surface area contributed by atoms with Crippen molar-refractivity contribution in [2.24, 2.45) is 0 Å². The Morgan fingerprint density at radius 2 is 1.70 bits per heavy atom. The number of anilines is 1. The second-order valence-electron chi connectivity index (χ2n) is 8.06. The van der Waals surface area contributed by atoms with Gasteiger partial charge in [0.05, 0.1) is 23.0 Å². The van der Waals surface area contributed by atoms with Crippen LogP contribution in [-0.4, -0.2) is 35.4 Å². The third-order valence-corrected chi connectivity index (χ3v) is 5.81. The van der Waals surface area contributed by atoms with Gasteiger partial charge < -0.3 is 5.32 Å². The van der Waals surface area contributed by atoms with Gasteiger partial charge in [0.15, 0.2) is 11.5 Å². The normalized spacial score (nSPS) is 11.2. The number of nitrogens with zero attached hydrogens (tertiary/aromatic N) is 6. The van der Waals surface area contributed by atoms with E-state index in [-0.39, 0.29) is 5.91 Å². The number of nitrogens with one attached hydrogen (secondary N) is 1. The fourth-order valence-corrected chi connectivity index (χ4v) is 3.90. The van der Waals surface area contributed by atoms with Crippen LogP contribution in [0.4, 0.5) is 5.82 Å². The van der Waals surface area contributed by atoms with Gasteiger partial charge in [-0.25, -0.2) is 14.6 Å². The third-order valence-electron chi connectivity index (χ3n) is 5.81. The molecule has 2 aromatic carbocycles. The van der Waals surface area contributed by atoms with Gasteiger partial charge in [0.1, 0.15) is 12.1 Å². The Morgan fingerprint density at radius 3 is 2.52 bits per heavy atom. The predicted octanol–water partition coefficient (Wildman–Crippen LogP) is 4.49. The summed E-state index contributed by atoms with van der Waals surface area (Å²) in [5.41, 5.74) is 6.19. The lowest BCUT2D eigenvalue weighted by atomic mass is 10.1. The first-order valence-corrected chi connectivity index (χ1v) is 10.6. The minimum absolute atomic E-state index is 0.203. The van der Waals surface area contributed by atoms with Crippen LogP contribution in [0.2, 0.25) is 0 Å². The number of rotatable bonds is 4. The highest BCUT2D eigenvalue weighted by atomic mass is 16.1. The maximum Gasteiger partial charge on any atom is 0.257 e. The summed E-state index contributed by atoms with van der Waals surface area (Å²) in [6.07, 6.45) is 3.22. The average molecular weight is 438 g/mol. The number of carbonyl (C=O) groups is 1. The van der Waals surface area contributed by atoms with Crippen molar-refractivity contribution in [3.8, 4) is 11.5 Å². The lowest BCUT2D eigenvalue weighted by molar-refractivity contribution is 0.102. The van der Waals surface area contributed by atoms with E-state index < -0.39 is 0 Å². The molecule has 1 amide bonds. The average Bonchev–Trinajstić information content (AvgIpc) is 3.39. The van der Waals surface area contributed by atoms with Crippen LogP contribution in [0.15, 0.2) is 61.1 Å². The van der Waals surface area contributed by atoms with Gasteiger partial charge in [0.2, 0.25) is 0 Å². The zero-order valence-electron chi connectivity index (χ0n) is 18.9. The van der Waals surface area contributed by atoms with E-state index in [0.717, 1.165) is 27.9 Å². The summed E-state index contributed by atoms with van der Waals surface area (Å²) >= 11 is 0. The minimum atomic E-state index is -0.203. The second-order valence-corrected chi connectivity index (χ2v) is 8.06. The summed E-state index contributed by atoms with van der Waals surface area (Å²) in [4.78, 5) is 21.9. The van der Waals surface area contributed by atoms with Crippen LogP contribution in [0.5, 0.6) is 0 Å². The highest BCUT2D eigenvalue weighted by Gasteiger charge is 2.19. The van der Waals surface area contributed by atoms with Gasteiger partial charge in [-0.05, 0) is 56.5 Å². The molecule has 0 saturated carbocycles. The molecule has 0 saturated heterocycles. The topological polar surface area (TPSA) is 90.5 Å². The summed E-state index contributed by atoms with van der Waals surface area (Å²) in [6.45, 7) is 7.92. The molecule has 5 aromatic rings. The summed E-state index contributed by atoms with van der Waals surface area (Å²) in [5, 5.41) is 12.9. The molecule has 0 aliphatic heterocycles. The fraction of sp³-hybridized carbons (Fsp3) is 0.160. The molecule has 8 nitrogen and oxygen atoms in total. The third kappa shape index (κ3) is 3.55. The van der Waals surface area contributed by atoms with Gasteiger partial charge in [-0.2, -0.15) is 14.9 Å². The molecule has 0 bridgehead atoms. The Balaban J connectivity index is 1.60. The van der Waals surface area contributed by atoms with Gasteiger partial charge in [-0.1, -0.05) is 30.3 Å². The quantitative estimate of drug-likeness (QED) is 0.447. The summed E-state index contributed by atoms with van der Waals surface area (Å²) < 4.78 is 3.44.